The van der Waals surface area contributed by atoms with E-state index in [0.717, 1.165) is 0 Å². The van der Waals surface area contributed by atoms with E-state index in [1.807, 2.05) is 34.6 Å². The lowest BCUT2D eigenvalue weighted by Crippen LogP contribution is -2.42. The molecule has 0 aromatic rings. The van der Waals surface area contributed by atoms with Crippen LogP contribution in [-0.4, -0.2) is 42.8 Å². The van der Waals surface area contributed by atoms with E-state index in [2.05, 4.69) is 0 Å². The van der Waals surface area contributed by atoms with Gasteiger partial charge >= 0.3 is 0 Å². The predicted molar refractivity (Wildman–Crippen MR) is 66.8 cm³/mol. The van der Waals surface area contributed by atoms with Gasteiger partial charge in [0, 0.05) is 19.2 Å². The minimum atomic E-state index is -3.23. The molecule has 0 rings (SSSR count). The summed E-state index contributed by atoms with van der Waals surface area (Å²) in [5.41, 5.74) is -0.245. The first-order chi connectivity index (χ1) is 7.10. The van der Waals surface area contributed by atoms with Crippen molar-refractivity contribution in [2.24, 2.45) is 5.41 Å². The molecule has 98 valence electrons. The molecule has 4 nitrogen and oxygen atoms in total. The van der Waals surface area contributed by atoms with E-state index in [1.54, 1.807) is 0 Å². The molecule has 0 saturated heterocycles. The van der Waals surface area contributed by atoms with Crippen molar-refractivity contribution in [2.75, 3.05) is 18.9 Å². The second kappa shape index (κ2) is 5.98. The molecule has 0 aliphatic rings. The van der Waals surface area contributed by atoms with Crippen molar-refractivity contribution in [3.05, 3.63) is 0 Å². The average molecular weight is 251 g/mol. The highest BCUT2D eigenvalue weighted by molar-refractivity contribution is 7.89. The molecule has 1 N–H and O–H groups in total. The van der Waals surface area contributed by atoms with E-state index in [9.17, 15) is 8.42 Å². The van der Waals surface area contributed by atoms with Gasteiger partial charge in [-0.25, -0.2) is 8.42 Å². The maximum Gasteiger partial charge on any atom is 0.214 e. The molecule has 0 unspecified atom stereocenters. The standard InChI is InChI=1S/C11H25NO3S/c1-10(2)12(7-6-8-13)16(14,15)9-11(3,4)5/h10,13H,6-9H2,1-5H3. The van der Waals surface area contributed by atoms with Crippen LogP contribution in [0.4, 0.5) is 0 Å². The van der Waals surface area contributed by atoms with Gasteiger partial charge in [-0.05, 0) is 25.7 Å². The van der Waals surface area contributed by atoms with Gasteiger partial charge in [0.15, 0.2) is 0 Å². The Hall–Kier alpha value is -0.130. The van der Waals surface area contributed by atoms with Crippen molar-refractivity contribution in [3.63, 3.8) is 0 Å². The Labute approximate surface area is 99.7 Å². The second-order valence-corrected chi connectivity index (χ2v) is 7.52. The zero-order valence-electron chi connectivity index (χ0n) is 11.0. The zero-order chi connectivity index (χ0) is 13.0. The zero-order valence-corrected chi connectivity index (χ0v) is 11.8. The van der Waals surface area contributed by atoms with Gasteiger partial charge in [-0.3, -0.25) is 0 Å². The Morgan fingerprint density at radius 2 is 1.75 bits per heavy atom. The molecule has 5 heteroatoms. The van der Waals surface area contributed by atoms with Gasteiger partial charge in [0.1, 0.15) is 0 Å². The Balaban J connectivity index is 4.77. The van der Waals surface area contributed by atoms with Crippen molar-refractivity contribution in [2.45, 2.75) is 47.1 Å². The van der Waals surface area contributed by atoms with E-state index in [0.29, 0.717) is 13.0 Å². The van der Waals surface area contributed by atoms with Crippen LogP contribution >= 0.6 is 0 Å². The van der Waals surface area contributed by atoms with Crippen LogP contribution in [0.3, 0.4) is 0 Å². The van der Waals surface area contributed by atoms with Crippen molar-refractivity contribution in [3.8, 4) is 0 Å². The van der Waals surface area contributed by atoms with Crippen LogP contribution < -0.4 is 0 Å². The van der Waals surface area contributed by atoms with Crippen molar-refractivity contribution in [1.29, 1.82) is 0 Å². The van der Waals surface area contributed by atoms with Crippen molar-refractivity contribution >= 4 is 10.0 Å². The van der Waals surface area contributed by atoms with Crippen molar-refractivity contribution < 1.29 is 13.5 Å². The lowest BCUT2D eigenvalue weighted by molar-refractivity contribution is 0.257. The Kier molecular flexibility index (Phi) is 5.93. The molecular formula is C11H25NO3S. The highest BCUT2D eigenvalue weighted by atomic mass is 32.2. The number of aliphatic hydroxyl groups excluding tert-OH is 1. The lowest BCUT2D eigenvalue weighted by atomic mass is 10.0. The normalized spacial score (nSPS) is 13.8. The van der Waals surface area contributed by atoms with Gasteiger partial charge in [0.25, 0.3) is 0 Å². The van der Waals surface area contributed by atoms with E-state index >= 15 is 0 Å². The van der Waals surface area contributed by atoms with Crippen LogP contribution in [0.1, 0.15) is 41.0 Å². The van der Waals surface area contributed by atoms with Gasteiger partial charge in [-0.1, -0.05) is 20.8 Å². The number of rotatable bonds is 6. The molecule has 0 aromatic carbocycles. The first-order valence-corrected chi connectivity index (χ1v) is 7.31. The third kappa shape index (κ3) is 5.82. The Morgan fingerprint density at radius 1 is 1.25 bits per heavy atom. The number of hydrogen-bond acceptors (Lipinski definition) is 3. The smallest absolute Gasteiger partial charge is 0.214 e. The molecule has 0 bridgehead atoms. The van der Waals surface area contributed by atoms with Gasteiger partial charge in [-0.2, -0.15) is 4.31 Å². The molecule has 16 heavy (non-hydrogen) atoms. The maximum absolute atomic E-state index is 12.1. The topological polar surface area (TPSA) is 57.6 Å². The summed E-state index contributed by atoms with van der Waals surface area (Å²) in [6, 6.07) is -0.0566. The number of nitrogens with zero attached hydrogens (tertiary/aromatic N) is 1. The lowest BCUT2D eigenvalue weighted by Gasteiger charge is -2.29. The molecule has 0 aliphatic heterocycles. The van der Waals surface area contributed by atoms with E-state index in [4.69, 9.17) is 5.11 Å². The van der Waals surface area contributed by atoms with Gasteiger partial charge in [0.05, 0.1) is 5.75 Å². The van der Waals surface area contributed by atoms with Gasteiger partial charge in [0.2, 0.25) is 10.0 Å². The van der Waals surface area contributed by atoms with Crippen molar-refractivity contribution in [1.82, 2.24) is 4.31 Å². The first-order valence-electron chi connectivity index (χ1n) is 5.70. The number of sulfonamides is 1. The highest BCUT2D eigenvalue weighted by Crippen LogP contribution is 2.20. The molecule has 0 radical (unpaired) electrons. The van der Waals surface area contributed by atoms with Crippen LogP contribution in [0, 0.1) is 5.41 Å². The summed E-state index contributed by atoms with van der Waals surface area (Å²) in [5.74, 6) is 0.142. The Morgan fingerprint density at radius 3 is 2.06 bits per heavy atom. The second-order valence-electron chi connectivity index (χ2n) is 5.60. The fourth-order valence-electron chi connectivity index (χ4n) is 1.58. The number of aliphatic hydroxyl groups is 1. The van der Waals surface area contributed by atoms with Gasteiger partial charge < -0.3 is 5.11 Å². The third-order valence-electron chi connectivity index (χ3n) is 2.09. The maximum atomic E-state index is 12.1. The summed E-state index contributed by atoms with van der Waals surface area (Å²) in [5, 5.41) is 8.77. The fourth-order valence-corrected chi connectivity index (χ4v) is 3.89. The molecular weight excluding hydrogens is 226 g/mol. The summed E-state index contributed by atoms with van der Waals surface area (Å²) in [4.78, 5) is 0. The van der Waals surface area contributed by atoms with E-state index in [1.165, 1.54) is 4.31 Å². The van der Waals surface area contributed by atoms with Crippen LogP contribution in [-0.2, 0) is 10.0 Å². The third-order valence-corrected chi connectivity index (χ3v) is 4.63. The minimum absolute atomic E-state index is 0.0221. The molecule has 0 aromatic heterocycles. The molecule has 0 aliphatic carbocycles. The molecule has 0 fully saturated rings. The van der Waals surface area contributed by atoms with Crippen LogP contribution in [0.5, 0.6) is 0 Å². The van der Waals surface area contributed by atoms with E-state index < -0.39 is 10.0 Å². The van der Waals surface area contributed by atoms with Crippen LogP contribution in [0.25, 0.3) is 0 Å². The summed E-state index contributed by atoms with van der Waals surface area (Å²) in [7, 11) is -3.23. The molecule has 0 heterocycles. The summed E-state index contributed by atoms with van der Waals surface area (Å²) < 4.78 is 25.8. The van der Waals surface area contributed by atoms with Crippen LogP contribution in [0.15, 0.2) is 0 Å². The first kappa shape index (κ1) is 15.9. The predicted octanol–water partition coefficient (Wildman–Crippen LogP) is 1.46. The largest absolute Gasteiger partial charge is 0.396 e. The minimum Gasteiger partial charge on any atom is -0.396 e. The monoisotopic (exact) mass is 251 g/mol. The average Bonchev–Trinajstić information content (AvgIpc) is 1.98. The summed E-state index contributed by atoms with van der Waals surface area (Å²) in [6.45, 7) is 9.87. The van der Waals surface area contributed by atoms with Crippen LogP contribution in [0.2, 0.25) is 0 Å². The summed E-state index contributed by atoms with van der Waals surface area (Å²) in [6.07, 6.45) is 0.488. The fraction of sp³-hybridized carbons (Fsp3) is 1.00. The molecule has 0 atom stereocenters. The summed E-state index contributed by atoms with van der Waals surface area (Å²) >= 11 is 0. The molecule has 0 saturated carbocycles. The molecule has 0 spiro atoms. The molecule has 0 amide bonds. The quantitative estimate of drug-likeness (QED) is 0.777. The highest BCUT2D eigenvalue weighted by Gasteiger charge is 2.29. The number of hydrogen-bond donors (Lipinski definition) is 1. The SMILES string of the molecule is CC(C)N(CCCO)S(=O)(=O)CC(C)(C)C. The van der Waals surface area contributed by atoms with E-state index in [-0.39, 0.29) is 23.8 Å². The Bertz CT molecular complexity index is 291. The van der Waals surface area contributed by atoms with Gasteiger partial charge in [-0.15, -0.1) is 0 Å².